The summed E-state index contributed by atoms with van der Waals surface area (Å²) < 4.78 is 10.3. The number of fused-ring (bicyclic) bond motifs is 14. The SMILES string of the molecule is CC(C)(C)c1cc2cc3c4ccccc4n(-c4ccccc4)c3c3c4cc5c6c7c(cc8cc(C(C)(C)C)n(c5cc4n1c23)c86)c1ccccc1n7-c1ccccc1. The predicted molar refractivity (Wildman–Crippen MR) is 247 cm³/mol. The van der Waals surface area contributed by atoms with E-state index in [0.29, 0.717) is 0 Å². The van der Waals surface area contributed by atoms with Gasteiger partial charge < -0.3 is 17.9 Å². The molecule has 0 saturated heterocycles. The molecule has 278 valence electrons. The zero-order valence-electron chi connectivity index (χ0n) is 33.6. The third-order valence-corrected chi connectivity index (χ3v) is 13.1. The fourth-order valence-electron chi connectivity index (χ4n) is 10.8. The van der Waals surface area contributed by atoms with E-state index in [1.807, 2.05) is 0 Å². The highest BCUT2D eigenvalue weighted by molar-refractivity contribution is 6.35. The van der Waals surface area contributed by atoms with Crippen LogP contribution in [0.3, 0.4) is 0 Å². The van der Waals surface area contributed by atoms with Gasteiger partial charge in [0, 0.05) is 87.5 Å². The summed E-state index contributed by atoms with van der Waals surface area (Å²) in [6, 6.07) is 54.8. The van der Waals surface area contributed by atoms with Crippen molar-refractivity contribution in [3.8, 4) is 11.4 Å². The molecule has 13 aromatic rings. The molecule has 7 aromatic carbocycles. The van der Waals surface area contributed by atoms with E-state index in [9.17, 15) is 0 Å². The first kappa shape index (κ1) is 32.3. The van der Waals surface area contributed by atoms with Crippen LogP contribution in [0.2, 0.25) is 0 Å². The second-order valence-corrected chi connectivity index (χ2v) is 18.7. The Labute approximate surface area is 335 Å². The molecule has 6 heterocycles. The van der Waals surface area contributed by atoms with Gasteiger partial charge in [0.2, 0.25) is 0 Å². The number of nitrogens with zero attached hydrogens (tertiary/aromatic N) is 4. The van der Waals surface area contributed by atoms with Crippen LogP contribution in [0.1, 0.15) is 52.9 Å². The van der Waals surface area contributed by atoms with Crippen molar-refractivity contribution < 1.29 is 0 Å². The Morgan fingerprint density at radius 1 is 0.328 bits per heavy atom. The lowest BCUT2D eigenvalue weighted by molar-refractivity contribution is 0.567. The number of hydrogen-bond acceptors (Lipinski definition) is 0. The molecule has 4 heteroatoms. The van der Waals surface area contributed by atoms with Crippen LogP contribution in [0.15, 0.2) is 146 Å². The van der Waals surface area contributed by atoms with Crippen LogP contribution < -0.4 is 0 Å². The second-order valence-electron chi connectivity index (χ2n) is 18.7. The number of benzene rings is 7. The van der Waals surface area contributed by atoms with Gasteiger partial charge in [-0.1, -0.05) is 114 Å². The molecule has 0 amide bonds. The Bertz CT molecular complexity index is 3580. The largest absolute Gasteiger partial charge is 0.312 e. The van der Waals surface area contributed by atoms with Crippen LogP contribution in [-0.2, 0) is 10.8 Å². The van der Waals surface area contributed by atoms with Crippen molar-refractivity contribution in [3.63, 3.8) is 0 Å². The van der Waals surface area contributed by atoms with Crippen molar-refractivity contribution >= 4 is 98.0 Å². The van der Waals surface area contributed by atoms with E-state index in [-0.39, 0.29) is 10.8 Å². The Morgan fingerprint density at radius 2 is 0.724 bits per heavy atom. The molecule has 4 nitrogen and oxygen atoms in total. The molecule has 13 rings (SSSR count). The number of rotatable bonds is 2. The molecule has 6 aromatic heterocycles. The zero-order valence-corrected chi connectivity index (χ0v) is 33.6. The lowest BCUT2D eigenvalue weighted by atomic mass is 9.91. The highest BCUT2D eigenvalue weighted by Gasteiger charge is 2.31. The Hall–Kier alpha value is -6.78. The van der Waals surface area contributed by atoms with Crippen LogP contribution in [0.4, 0.5) is 0 Å². The first-order valence-electron chi connectivity index (χ1n) is 20.6. The van der Waals surface area contributed by atoms with Crippen molar-refractivity contribution in [2.75, 3.05) is 0 Å². The first-order valence-corrected chi connectivity index (χ1v) is 20.6. The third kappa shape index (κ3) is 3.90. The van der Waals surface area contributed by atoms with Crippen LogP contribution in [0, 0.1) is 0 Å². The molecular weight excluding hydrogens is 705 g/mol. The van der Waals surface area contributed by atoms with Gasteiger partial charge >= 0.3 is 0 Å². The van der Waals surface area contributed by atoms with Gasteiger partial charge in [0.05, 0.1) is 44.1 Å². The lowest BCUT2D eigenvalue weighted by Gasteiger charge is -2.19. The van der Waals surface area contributed by atoms with Crippen molar-refractivity contribution in [1.29, 1.82) is 0 Å². The molecule has 0 atom stereocenters. The summed E-state index contributed by atoms with van der Waals surface area (Å²) >= 11 is 0. The summed E-state index contributed by atoms with van der Waals surface area (Å²) in [6.07, 6.45) is 0. The van der Waals surface area contributed by atoms with Gasteiger partial charge in [-0.3, -0.25) is 0 Å². The maximum absolute atomic E-state index is 2.61. The first-order chi connectivity index (χ1) is 28.1. The summed E-state index contributed by atoms with van der Waals surface area (Å²) in [5.41, 5.74) is 15.0. The van der Waals surface area contributed by atoms with Crippen molar-refractivity contribution in [1.82, 2.24) is 17.9 Å². The molecule has 0 spiro atoms. The third-order valence-electron chi connectivity index (χ3n) is 13.1. The summed E-state index contributed by atoms with van der Waals surface area (Å²) in [6.45, 7) is 14.1. The Morgan fingerprint density at radius 3 is 1.14 bits per heavy atom. The quantitative estimate of drug-likeness (QED) is 0.168. The molecule has 58 heavy (non-hydrogen) atoms. The fraction of sp³-hybridized carbons (Fsp3) is 0.148. The summed E-state index contributed by atoms with van der Waals surface area (Å²) in [5, 5.41) is 13.0. The van der Waals surface area contributed by atoms with Gasteiger partial charge in [0.25, 0.3) is 0 Å². The molecular formula is C54H42N4. The van der Waals surface area contributed by atoms with Crippen LogP contribution in [-0.4, -0.2) is 17.9 Å². The molecule has 0 bridgehead atoms. The van der Waals surface area contributed by atoms with Crippen LogP contribution in [0.5, 0.6) is 0 Å². The topological polar surface area (TPSA) is 18.7 Å². The van der Waals surface area contributed by atoms with E-state index in [1.54, 1.807) is 0 Å². The maximum Gasteiger partial charge on any atom is 0.0641 e. The minimum atomic E-state index is -0.0819. The monoisotopic (exact) mass is 746 g/mol. The normalized spacial score (nSPS) is 13.3. The van der Waals surface area contributed by atoms with E-state index >= 15 is 0 Å². The predicted octanol–water partition coefficient (Wildman–Crippen LogP) is 14.5. The van der Waals surface area contributed by atoms with Crippen molar-refractivity contribution in [3.05, 3.63) is 157 Å². The maximum atomic E-state index is 2.61. The highest BCUT2D eigenvalue weighted by Crippen LogP contribution is 2.50. The van der Waals surface area contributed by atoms with Gasteiger partial charge in [-0.15, -0.1) is 0 Å². The van der Waals surface area contributed by atoms with E-state index < -0.39 is 0 Å². The number of hydrogen-bond donors (Lipinski definition) is 0. The molecule has 0 fully saturated rings. The molecule has 0 aliphatic carbocycles. The van der Waals surface area contributed by atoms with E-state index in [4.69, 9.17) is 0 Å². The molecule has 0 unspecified atom stereocenters. The minimum absolute atomic E-state index is 0.0819. The standard InChI is InChI=1S/C54H42N4/c1-53(2,3)45-27-31-25-37-35-21-13-15-23-41(35)55(33-17-9-7-10-18-33)51(37)47-39-29-40-44(30-43(39)57(45)49(31)47)58-46(54(4,5)6)28-32-26-38-36-22-14-16-24-42(36)56(34-19-11-8-12-20-34)52(38)48(40)50(32)58/h7-30H,1-6H3. The average Bonchev–Trinajstić information content (AvgIpc) is 4.06. The van der Waals surface area contributed by atoms with E-state index in [2.05, 4.69) is 205 Å². The Balaban J connectivity index is 1.34. The highest BCUT2D eigenvalue weighted by atomic mass is 15.0. The molecule has 0 aliphatic rings. The lowest BCUT2D eigenvalue weighted by Crippen LogP contribution is -2.14. The van der Waals surface area contributed by atoms with Crippen molar-refractivity contribution in [2.24, 2.45) is 0 Å². The van der Waals surface area contributed by atoms with Crippen molar-refractivity contribution in [2.45, 2.75) is 52.4 Å². The van der Waals surface area contributed by atoms with Gasteiger partial charge in [-0.05, 0) is 72.8 Å². The van der Waals surface area contributed by atoms with Crippen LogP contribution >= 0.6 is 0 Å². The van der Waals surface area contributed by atoms with E-state index in [0.717, 1.165) is 0 Å². The molecule has 0 N–H and O–H groups in total. The summed E-state index contributed by atoms with van der Waals surface area (Å²) in [7, 11) is 0. The fourth-order valence-corrected chi connectivity index (χ4v) is 10.8. The molecule has 0 saturated carbocycles. The number of para-hydroxylation sites is 4. The Kier molecular flexibility index (Phi) is 5.90. The molecule has 0 aliphatic heterocycles. The van der Waals surface area contributed by atoms with Gasteiger partial charge in [0.15, 0.2) is 0 Å². The minimum Gasteiger partial charge on any atom is -0.312 e. The summed E-state index contributed by atoms with van der Waals surface area (Å²) in [5.74, 6) is 0. The van der Waals surface area contributed by atoms with Gasteiger partial charge in [-0.2, -0.15) is 0 Å². The van der Waals surface area contributed by atoms with Gasteiger partial charge in [-0.25, -0.2) is 0 Å². The molecule has 0 radical (unpaired) electrons. The second kappa shape index (κ2) is 10.6. The van der Waals surface area contributed by atoms with Crippen LogP contribution in [0.25, 0.3) is 109 Å². The average molecular weight is 747 g/mol. The zero-order chi connectivity index (χ0) is 39.0. The smallest absolute Gasteiger partial charge is 0.0641 e. The number of aromatic nitrogens is 4. The van der Waals surface area contributed by atoms with E-state index in [1.165, 1.54) is 121 Å². The summed E-state index contributed by atoms with van der Waals surface area (Å²) in [4.78, 5) is 0. The van der Waals surface area contributed by atoms with Gasteiger partial charge in [0.1, 0.15) is 0 Å².